The number of thioether (sulfide) groups is 1. The van der Waals surface area contributed by atoms with Gasteiger partial charge in [0.1, 0.15) is 10.7 Å². The van der Waals surface area contributed by atoms with Gasteiger partial charge in [0, 0.05) is 0 Å². The fraction of sp³-hybridized carbons (Fsp3) is 0.0769. The van der Waals surface area contributed by atoms with Crippen LogP contribution in [-0.4, -0.2) is 37.3 Å². The minimum Gasteiger partial charge on any atom is -0.478 e. The Morgan fingerprint density at radius 1 is 1.24 bits per heavy atom. The summed E-state index contributed by atoms with van der Waals surface area (Å²) in [6.45, 7) is 1.71. The zero-order chi connectivity index (χ0) is 15.4. The first-order valence-electron chi connectivity index (χ1n) is 5.81. The Morgan fingerprint density at radius 2 is 1.90 bits per heavy atom. The van der Waals surface area contributed by atoms with Gasteiger partial charge in [-0.1, -0.05) is 12.1 Å². The van der Waals surface area contributed by atoms with Crippen LogP contribution in [0.1, 0.15) is 21.7 Å². The van der Waals surface area contributed by atoms with Crippen molar-refractivity contribution in [3.8, 4) is 0 Å². The molecule has 0 aliphatic carbocycles. The maximum absolute atomic E-state index is 11.2. The Morgan fingerprint density at radius 3 is 2.38 bits per heavy atom. The van der Waals surface area contributed by atoms with E-state index in [1.54, 1.807) is 6.92 Å². The van der Waals surface area contributed by atoms with Crippen LogP contribution in [0.5, 0.6) is 0 Å². The topological polar surface area (TPSA) is 116 Å². The molecular weight excluding hydrogens is 294 g/mol. The van der Waals surface area contributed by atoms with Crippen molar-refractivity contribution in [2.45, 2.75) is 12.1 Å². The highest BCUT2D eigenvalue weighted by molar-refractivity contribution is 8.04. The van der Waals surface area contributed by atoms with Gasteiger partial charge in [-0.15, -0.1) is 5.10 Å². The zero-order valence-corrected chi connectivity index (χ0v) is 11.7. The maximum Gasteiger partial charge on any atom is 0.342 e. The van der Waals surface area contributed by atoms with Crippen LogP contribution in [-0.2, 0) is 4.79 Å². The maximum atomic E-state index is 11.2. The molecule has 0 radical (unpaired) electrons. The molecule has 0 amide bonds. The van der Waals surface area contributed by atoms with Crippen molar-refractivity contribution in [2.75, 3.05) is 0 Å². The summed E-state index contributed by atoms with van der Waals surface area (Å²) in [5.74, 6) is -1.55. The Bertz CT molecular complexity index is 706. The minimum atomic E-state index is -1.11. The molecule has 7 nitrogen and oxygen atoms in total. The highest BCUT2D eigenvalue weighted by atomic mass is 32.2. The van der Waals surface area contributed by atoms with Gasteiger partial charge in [-0.05, 0) is 42.5 Å². The number of H-pyrrole nitrogens is 1. The molecule has 21 heavy (non-hydrogen) atoms. The third kappa shape index (κ3) is 3.93. The molecule has 3 N–H and O–H groups in total. The van der Waals surface area contributed by atoms with Gasteiger partial charge in [0.2, 0.25) is 5.16 Å². The normalized spacial score (nSPS) is 11.4. The number of aromatic nitrogens is 3. The standard InChI is InChI=1S/C13H11N3O4S/c1-7-14-13(16-15-7)21-10(12(19)20)6-8-2-4-9(5-3-8)11(17)18/h2-6H,1H3,(H,17,18)(H,19,20)(H,14,15,16)/b10-6-. The molecule has 0 saturated heterocycles. The Hall–Kier alpha value is -2.61. The number of aromatic carboxylic acids is 1. The fourth-order valence-electron chi connectivity index (χ4n) is 1.47. The molecule has 1 heterocycles. The van der Waals surface area contributed by atoms with Crippen molar-refractivity contribution in [1.82, 2.24) is 15.2 Å². The van der Waals surface area contributed by atoms with Crippen molar-refractivity contribution in [3.63, 3.8) is 0 Å². The number of carboxylic acids is 2. The summed E-state index contributed by atoms with van der Waals surface area (Å²) in [6.07, 6.45) is 1.43. The lowest BCUT2D eigenvalue weighted by molar-refractivity contribution is -0.131. The van der Waals surface area contributed by atoms with Gasteiger partial charge >= 0.3 is 11.9 Å². The summed E-state index contributed by atoms with van der Waals surface area (Å²) >= 11 is 0.915. The van der Waals surface area contributed by atoms with Crippen LogP contribution in [0.4, 0.5) is 0 Å². The van der Waals surface area contributed by atoms with Gasteiger partial charge in [0.15, 0.2) is 0 Å². The first-order chi connectivity index (χ1) is 9.95. The minimum absolute atomic E-state index is 0.0390. The van der Waals surface area contributed by atoms with Gasteiger partial charge in [0.25, 0.3) is 0 Å². The molecule has 0 unspecified atom stereocenters. The second kappa shape index (κ2) is 6.23. The molecule has 108 valence electrons. The van der Waals surface area contributed by atoms with E-state index >= 15 is 0 Å². The van der Waals surface area contributed by atoms with Crippen molar-refractivity contribution >= 4 is 29.8 Å². The van der Waals surface area contributed by atoms with Gasteiger partial charge in [0.05, 0.1) is 5.56 Å². The summed E-state index contributed by atoms with van der Waals surface area (Å²) in [7, 11) is 0. The first kappa shape index (κ1) is 14.8. The lowest BCUT2D eigenvalue weighted by Crippen LogP contribution is -1.98. The SMILES string of the molecule is Cc1nc(S/C(=C\c2ccc(C(=O)O)cc2)C(=O)O)n[nH]1. The second-order valence-corrected chi connectivity index (χ2v) is 5.06. The fourth-order valence-corrected chi connectivity index (χ4v) is 2.23. The van der Waals surface area contributed by atoms with Crippen LogP contribution < -0.4 is 0 Å². The number of rotatable bonds is 5. The number of carboxylic acid groups (broad SMARTS) is 2. The number of nitrogens with one attached hydrogen (secondary N) is 1. The predicted octanol–water partition coefficient (Wildman–Crippen LogP) is 2.03. The van der Waals surface area contributed by atoms with Crippen LogP contribution >= 0.6 is 11.8 Å². The van der Waals surface area contributed by atoms with Crippen molar-refractivity contribution in [3.05, 3.63) is 46.1 Å². The summed E-state index contributed by atoms with van der Waals surface area (Å²) in [4.78, 5) is 26.1. The van der Waals surface area contributed by atoms with E-state index in [1.807, 2.05) is 0 Å². The average molecular weight is 305 g/mol. The predicted molar refractivity (Wildman–Crippen MR) is 76.0 cm³/mol. The summed E-state index contributed by atoms with van der Waals surface area (Å²) in [5.41, 5.74) is 0.721. The van der Waals surface area contributed by atoms with E-state index in [1.165, 1.54) is 30.3 Å². The largest absolute Gasteiger partial charge is 0.478 e. The zero-order valence-electron chi connectivity index (χ0n) is 10.9. The molecule has 8 heteroatoms. The molecule has 0 aliphatic heterocycles. The van der Waals surface area contributed by atoms with E-state index in [0.29, 0.717) is 16.5 Å². The van der Waals surface area contributed by atoms with Crippen LogP contribution in [0.15, 0.2) is 34.3 Å². The third-order valence-corrected chi connectivity index (χ3v) is 3.32. The van der Waals surface area contributed by atoms with Gasteiger partial charge in [-0.25, -0.2) is 14.6 Å². The monoisotopic (exact) mass is 305 g/mol. The van der Waals surface area contributed by atoms with Crippen LogP contribution in [0.25, 0.3) is 6.08 Å². The Labute approximate surface area is 123 Å². The van der Waals surface area contributed by atoms with E-state index in [4.69, 9.17) is 5.11 Å². The molecule has 0 aliphatic rings. The van der Waals surface area contributed by atoms with Crippen molar-refractivity contribution < 1.29 is 19.8 Å². The number of nitrogens with zero attached hydrogens (tertiary/aromatic N) is 2. The summed E-state index contributed by atoms with van der Waals surface area (Å²) in [5, 5.41) is 24.8. The highest BCUT2D eigenvalue weighted by Crippen LogP contribution is 2.25. The number of aryl methyl sites for hydroxylation is 1. The molecule has 0 saturated carbocycles. The molecule has 1 aromatic carbocycles. The quantitative estimate of drug-likeness (QED) is 0.571. The second-order valence-electron chi connectivity index (χ2n) is 4.05. The number of benzene rings is 1. The smallest absolute Gasteiger partial charge is 0.342 e. The summed E-state index contributed by atoms with van der Waals surface area (Å²) in [6, 6.07) is 5.90. The first-order valence-corrected chi connectivity index (χ1v) is 6.62. The third-order valence-electron chi connectivity index (χ3n) is 2.44. The number of hydrogen-bond acceptors (Lipinski definition) is 5. The average Bonchev–Trinajstić information content (AvgIpc) is 2.84. The van der Waals surface area contributed by atoms with Crippen LogP contribution in [0.2, 0.25) is 0 Å². The van der Waals surface area contributed by atoms with Gasteiger partial charge in [-0.3, -0.25) is 5.10 Å². The van der Waals surface area contributed by atoms with Crippen molar-refractivity contribution in [2.24, 2.45) is 0 Å². The lowest BCUT2D eigenvalue weighted by atomic mass is 10.1. The molecule has 0 fully saturated rings. The Balaban J connectivity index is 2.24. The molecule has 1 aromatic heterocycles. The molecule has 2 aromatic rings. The van der Waals surface area contributed by atoms with Crippen LogP contribution in [0.3, 0.4) is 0 Å². The molecule has 0 spiro atoms. The lowest BCUT2D eigenvalue weighted by Gasteiger charge is -2.00. The molecular formula is C13H11N3O4S. The highest BCUT2D eigenvalue weighted by Gasteiger charge is 2.13. The van der Waals surface area contributed by atoms with E-state index < -0.39 is 11.9 Å². The number of hydrogen-bond donors (Lipinski definition) is 3. The van der Waals surface area contributed by atoms with Crippen LogP contribution in [0, 0.1) is 6.92 Å². The van der Waals surface area contributed by atoms with Gasteiger partial charge < -0.3 is 10.2 Å². The van der Waals surface area contributed by atoms with Gasteiger partial charge in [-0.2, -0.15) is 0 Å². The van der Waals surface area contributed by atoms with E-state index in [9.17, 15) is 14.7 Å². The number of aliphatic carboxylic acids is 1. The van der Waals surface area contributed by atoms with Crippen molar-refractivity contribution in [1.29, 1.82) is 0 Å². The van der Waals surface area contributed by atoms with E-state index in [2.05, 4.69) is 15.2 Å². The number of aromatic amines is 1. The number of carbonyl (C=O) groups is 2. The summed E-state index contributed by atoms with van der Waals surface area (Å²) < 4.78 is 0. The Kier molecular flexibility index (Phi) is 4.39. The van der Waals surface area contributed by atoms with E-state index in [-0.39, 0.29) is 10.5 Å². The molecule has 0 bridgehead atoms. The molecule has 2 rings (SSSR count). The molecule has 0 atom stereocenters. The van der Waals surface area contributed by atoms with E-state index in [0.717, 1.165) is 11.8 Å².